The van der Waals surface area contributed by atoms with E-state index in [0.29, 0.717) is 31.6 Å². The third kappa shape index (κ3) is 6.04. The van der Waals surface area contributed by atoms with E-state index in [1.807, 2.05) is 20.8 Å². The first-order chi connectivity index (χ1) is 13.4. The van der Waals surface area contributed by atoms with Crippen LogP contribution in [0.3, 0.4) is 0 Å². The summed E-state index contributed by atoms with van der Waals surface area (Å²) in [5.41, 5.74) is -0.0845. The third-order valence-corrected chi connectivity index (χ3v) is 6.51. The van der Waals surface area contributed by atoms with Crippen molar-refractivity contribution in [3.05, 3.63) is 36.9 Å². The molecular weight excluding hydrogens is 394 g/mol. The van der Waals surface area contributed by atoms with Crippen LogP contribution in [0.5, 0.6) is 0 Å². The van der Waals surface area contributed by atoms with E-state index in [0.717, 1.165) is 6.08 Å². The largest absolute Gasteiger partial charge is 0.444 e. The lowest BCUT2D eigenvalue weighted by atomic mass is 10.1. The molecule has 0 spiro atoms. The summed E-state index contributed by atoms with van der Waals surface area (Å²) in [4.78, 5) is 25.3. The number of nitrogens with one attached hydrogen (secondary N) is 1. The second-order valence-electron chi connectivity index (χ2n) is 7.94. The van der Waals surface area contributed by atoms with E-state index in [4.69, 9.17) is 4.74 Å². The van der Waals surface area contributed by atoms with Crippen molar-refractivity contribution in [2.45, 2.75) is 50.2 Å². The standard InChI is InChI=1S/C20H29N3O5S/c1-6-18(24)21-15-7-9-17(10-8-15)29(26,27)23-13-11-16(12-14-23)22(5)19(25)28-20(2,3)4/h6-10,16H,1,11-14H2,2-5H3,(H,21,24). The minimum absolute atomic E-state index is 0.0761. The Hall–Kier alpha value is -2.39. The highest BCUT2D eigenvalue weighted by Crippen LogP contribution is 2.24. The molecule has 1 saturated heterocycles. The molecule has 9 heteroatoms. The molecule has 2 amide bonds. The molecule has 1 aliphatic rings. The number of hydrogen-bond acceptors (Lipinski definition) is 5. The number of nitrogens with zero attached hydrogens (tertiary/aromatic N) is 2. The molecule has 160 valence electrons. The average Bonchev–Trinajstić information content (AvgIpc) is 2.66. The normalized spacial score (nSPS) is 16.1. The van der Waals surface area contributed by atoms with Gasteiger partial charge >= 0.3 is 6.09 Å². The van der Waals surface area contributed by atoms with E-state index < -0.39 is 21.7 Å². The number of carbonyl (C=O) groups excluding carboxylic acids is 2. The molecule has 1 heterocycles. The maximum atomic E-state index is 12.9. The summed E-state index contributed by atoms with van der Waals surface area (Å²) in [6.45, 7) is 9.43. The highest BCUT2D eigenvalue weighted by molar-refractivity contribution is 7.89. The van der Waals surface area contributed by atoms with Gasteiger partial charge in [0.2, 0.25) is 15.9 Å². The van der Waals surface area contributed by atoms with Crippen molar-refractivity contribution in [1.29, 1.82) is 0 Å². The lowest BCUT2D eigenvalue weighted by molar-refractivity contribution is -0.111. The van der Waals surface area contributed by atoms with Crippen molar-refractivity contribution < 1.29 is 22.7 Å². The summed E-state index contributed by atoms with van der Waals surface area (Å²) < 4.78 is 32.6. The molecule has 29 heavy (non-hydrogen) atoms. The first-order valence-electron chi connectivity index (χ1n) is 9.43. The summed E-state index contributed by atoms with van der Waals surface area (Å²) in [7, 11) is -1.97. The molecule has 0 bridgehead atoms. The van der Waals surface area contributed by atoms with Gasteiger partial charge in [-0.3, -0.25) is 4.79 Å². The second-order valence-corrected chi connectivity index (χ2v) is 9.88. The zero-order valence-electron chi connectivity index (χ0n) is 17.3. The first kappa shape index (κ1) is 22.9. The van der Waals surface area contributed by atoms with Crippen LogP contribution >= 0.6 is 0 Å². The number of piperidine rings is 1. The minimum atomic E-state index is -3.65. The highest BCUT2D eigenvalue weighted by Gasteiger charge is 2.33. The van der Waals surface area contributed by atoms with Gasteiger partial charge in [-0.15, -0.1) is 0 Å². The molecule has 0 unspecified atom stereocenters. The molecule has 1 aromatic rings. The molecule has 2 rings (SSSR count). The number of ether oxygens (including phenoxy) is 1. The number of benzene rings is 1. The van der Waals surface area contributed by atoms with Gasteiger partial charge in [0.1, 0.15) is 5.60 Å². The van der Waals surface area contributed by atoms with Crippen LogP contribution in [-0.2, 0) is 19.6 Å². The average molecular weight is 424 g/mol. The molecule has 0 saturated carbocycles. The Kier molecular flexibility index (Phi) is 7.07. The fourth-order valence-electron chi connectivity index (χ4n) is 3.01. The summed E-state index contributed by atoms with van der Waals surface area (Å²) in [5.74, 6) is -0.364. The van der Waals surface area contributed by atoms with E-state index in [1.165, 1.54) is 28.6 Å². The van der Waals surface area contributed by atoms with Crippen LogP contribution in [0.25, 0.3) is 0 Å². The molecule has 0 atom stereocenters. The fourth-order valence-corrected chi connectivity index (χ4v) is 4.48. The number of anilines is 1. The first-order valence-corrected chi connectivity index (χ1v) is 10.9. The van der Waals surface area contributed by atoms with Crippen molar-refractivity contribution >= 4 is 27.7 Å². The van der Waals surface area contributed by atoms with Gasteiger partial charge in [0, 0.05) is 31.9 Å². The van der Waals surface area contributed by atoms with Crippen LogP contribution in [0.15, 0.2) is 41.8 Å². The Balaban J connectivity index is 1.99. The minimum Gasteiger partial charge on any atom is -0.444 e. The number of hydrogen-bond donors (Lipinski definition) is 1. The van der Waals surface area contributed by atoms with Crippen LogP contribution in [0.2, 0.25) is 0 Å². The monoisotopic (exact) mass is 423 g/mol. The van der Waals surface area contributed by atoms with E-state index in [-0.39, 0.29) is 16.8 Å². The summed E-state index contributed by atoms with van der Waals surface area (Å²) in [5, 5.41) is 2.58. The smallest absolute Gasteiger partial charge is 0.410 e. The zero-order chi connectivity index (χ0) is 21.8. The van der Waals surface area contributed by atoms with Gasteiger partial charge in [-0.2, -0.15) is 4.31 Å². The molecule has 8 nitrogen and oxygen atoms in total. The molecule has 0 aliphatic carbocycles. The molecule has 1 fully saturated rings. The van der Waals surface area contributed by atoms with Gasteiger partial charge in [-0.1, -0.05) is 6.58 Å². The topological polar surface area (TPSA) is 96.0 Å². The van der Waals surface area contributed by atoms with Crippen molar-refractivity contribution in [3.8, 4) is 0 Å². The van der Waals surface area contributed by atoms with E-state index in [9.17, 15) is 18.0 Å². The predicted molar refractivity (Wildman–Crippen MR) is 111 cm³/mol. The Bertz CT molecular complexity index is 851. The van der Waals surface area contributed by atoms with Crippen molar-refractivity contribution in [2.24, 2.45) is 0 Å². The lowest BCUT2D eigenvalue weighted by Crippen LogP contribution is -2.48. The molecular formula is C20H29N3O5S. The van der Waals surface area contributed by atoms with E-state index >= 15 is 0 Å². The van der Waals surface area contributed by atoms with Gasteiger partial charge in [-0.25, -0.2) is 13.2 Å². The van der Waals surface area contributed by atoms with Crippen molar-refractivity contribution in [2.75, 3.05) is 25.5 Å². The predicted octanol–water partition coefficient (Wildman–Crippen LogP) is 2.83. The molecule has 0 aromatic heterocycles. The number of rotatable bonds is 5. The number of carbonyl (C=O) groups is 2. The van der Waals surface area contributed by atoms with Crippen molar-refractivity contribution in [3.63, 3.8) is 0 Å². The second kappa shape index (κ2) is 8.96. The maximum Gasteiger partial charge on any atom is 0.410 e. The van der Waals surface area contributed by atoms with Gasteiger partial charge < -0.3 is 15.0 Å². The van der Waals surface area contributed by atoms with Gasteiger partial charge in [0.05, 0.1) is 4.90 Å². The summed E-state index contributed by atoms with van der Waals surface area (Å²) in [6.07, 6.45) is 1.80. The Labute approximate surface area is 172 Å². The lowest BCUT2D eigenvalue weighted by Gasteiger charge is -2.36. The van der Waals surface area contributed by atoms with Gasteiger partial charge in [0.25, 0.3) is 0 Å². The Morgan fingerprint density at radius 3 is 2.24 bits per heavy atom. The number of amides is 2. The van der Waals surface area contributed by atoms with E-state index in [1.54, 1.807) is 11.9 Å². The van der Waals surface area contributed by atoms with Gasteiger partial charge in [-0.05, 0) is 64.0 Å². The maximum absolute atomic E-state index is 12.9. The highest BCUT2D eigenvalue weighted by atomic mass is 32.2. The SMILES string of the molecule is C=CC(=O)Nc1ccc(S(=O)(=O)N2CCC(N(C)C(=O)OC(C)(C)C)CC2)cc1. The van der Waals surface area contributed by atoms with Crippen LogP contribution in [0.4, 0.5) is 10.5 Å². The molecule has 0 radical (unpaired) electrons. The molecule has 1 N–H and O–H groups in total. The quantitative estimate of drug-likeness (QED) is 0.735. The van der Waals surface area contributed by atoms with Crippen LogP contribution in [-0.4, -0.2) is 61.4 Å². The molecule has 1 aliphatic heterocycles. The zero-order valence-corrected chi connectivity index (χ0v) is 18.2. The Morgan fingerprint density at radius 1 is 1.21 bits per heavy atom. The van der Waals surface area contributed by atoms with Crippen molar-refractivity contribution in [1.82, 2.24) is 9.21 Å². The Morgan fingerprint density at radius 2 is 1.76 bits per heavy atom. The summed E-state index contributed by atoms with van der Waals surface area (Å²) >= 11 is 0. The molecule has 1 aromatic carbocycles. The van der Waals surface area contributed by atoms with E-state index in [2.05, 4.69) is 11.9 Å². The fraction of sp³-hybridized carbons (Fsp3) is 0.500. The van der Waals surface area contributed by atoms with Crippen LogP contribution < -0.4 is 5.32 Å². The number of sulfonamides is 1. The third-order valence-electron chi connectivity index (χ3n) is 4.60. The van der Waals surface area contributed by atoms with Crippen LogP contribution in [0.1, 0.15) is 33.6 Å². The van der Waals surface area contributed by atoms with Crippen LogP contribution in [0, 0.1) is 0 Å². The summed E-state index contributed by atoms with van der Waals surface area (Å²) in [6, 6.07) is 5.93. The van der Waals surface area contributed by atoms with Gasteiger partial charge in [0.15, 0.2) is 0 Å².